The summed E-state index contributed by atoms with van der Waals surface area (Å²) < 4.78 is 30.6. The SMILES string of the molecule is COS(=O)(=O)N1CCCc2cc3sc(C(=O)O)cc3cc21. The maximum atomic E-state index is 12.0. The van der Waals surface area contributed by atoms with Crippen molar-refractivity contribution in [3.8, 4) is 0 Å². The van der Waals surface area contributed by atoms with Gasteiger partial charge < -0.3 is 5.11 Å². The number of hydrogen-bond acceptors (Lipinski definition) is 5. The Morgan fingerprint density at radius 3 is 2.81 bits per heavy atom. The summed E-state index contributed by atoms with van der Waals surface area (Å²) in [5.41, 5.74) is 1.47. The fraction of sp³-hybridized carbons (Fsp3) is 0.308. The first-order valence-corrected chi connectivity index (χ1v) is 8.48. The molecule has 0 saturated heterocycles. The van der Waals surface area contributed by atoms with Gasteiger partial charge in [0.15, 0.2) is 0 Å². The van der Waals surface area contributed by atoms with Crippen molar-refractivity contribution in [1.29, 1.82) is 0 Å². The maximum Gasteiger partial charge on any atom is 0.362 e. The van der Waals surface area contributed by atoms with Crippen LogP contribution in [0.3, 0.4) is 0 Å². The fourth-order valence-corrected chi connectivity index (χ4v) is 4.40. The van der Waals surface area contributed by atoms with Crippen LogP contribution in [0.25, 0.3) is 10.1 Å². The summed E-state index contributed by atoms with van der Waals surface area (Å²) in [6.45, 7) is 0.366. The molecule has 2 aromatic rings. The molecule has 0 atom stereocenters. The van der Waals surface area contributed by atoms with Crippen LogP contribution in [0.15, 0.2) is 18.2 Å². The number of nitrogens with zero attached hydrogens (tertiary/aromatic N) is 1. The molecule has 0 aliphatic carbocycles. The van der Waals surface area contributed by atoms with Gasteiger partial charge in [-0.25, -0.2) is 9.10 Å². The normalized spacial score (nSPS) is 15.2. The van der Waals surface area contributed by atoms with Crippen molar-refractivity contribution in [2.45, 2.75) is 12.8 Å². The van der Waals surface area contributed by atoms with Gasteiger partial charge in [-0.05, 0) is 42.0 Å². The van der Waals surface area contributed by atoms with E-state index in [0.717, 1.165) is 29.2 Å². The summed E-state index contributed by atoms with van der Waals surface area (Å²) in [5, 5.41) is 9.79. The summed E-state index contributed by atoms with van der Waals surface area (Å²) in [4.78, 5) is 11.3. The van der Waals surface area contributed by atoms with E-state index in [9.17, 15) is 13.2 Å². The minimum absolute atomic E-state index is 0.244. The first-order valence-electron chi connectivity index (χ1n) is 6.30. The van der Waals surface area contributed by atoms with Crippen LogP contribution < -0.4 is 4.31 Å². The smallest absolute Gasteiger partial charge is 0.362 e. The molecule has 6 nitrogen and oxygen atoms in total. The number of anilines is 1. The monoisotopic (exact) mass is 327 g/mol. The molecule has 0 unspecified atom stereocenters. The van der Waals surface area contributed by atoms with E-state index in [4.69, 9.17) is 5.11 Å². The molecule has 1 aromatic heterocycles. The number of fused-ring (bicyclic) bond motifs is 2. The number of aryl methyl sites for hydroxylation is 1. The third-order valence-electron chi connectivity index (χ3n) is 3.48. The molecule has 1 N–H and O–H groups in total. The number of hydrogen-bond donors (Lipinski definition) is 1. The maximum absolute atomic E-state index is 12.0. The largest absolute Gasteiger partial charge is 0.477 e. The van der Waals surface area contributed by atoms with Gasteiger partial charge >= 0.3 is 16.3 Å². The molecule has 112 valence electrons. The van der Waals surface area contributed by atoms with Gasteiger partial charge in [-0.3, -0.25) is 4.18 Å². The average Bonchev–Trinajstić information content (AvgIpc) is 2.87. The van der Waals surface area contributed by atoms with Crippen LogP contribution in [0.1, 0.15) is 21.7 Å². The Balaban J connectivity index is 2.19. The predicted octanol–water partition coefficient (Wildman–Crippen LogP) is 2.24. The number of benzene rings is 1. The van der Waals surface area contributed by atoms with Gasteiger partial charge in [-0.2, -0.15) is 8.42 Å². The van der Waals surface area contributed by atoms with Crippen molar-refractivity contribution in [2.24, 2.45) is 0 Å². The number of aromatic carboxylic acids is 1. The number of carboxylic acid groups (broad SMARTS) is 1. The average molecular weight is 327 g/mol. The molecular formula is C13H13NO5S2. The van der Waals surface area contributed by atoms with E-state index in [0.29, 0.717) is 18.7 Å². The Hall–Kier alpha value is -1.64. The Morgan fingerprint density at radius 2 is 2.14 bits per heavy atom. The van der Waals surface area contributed by atoms with Gasteiger partial charge in [-0.15, -0.1) is 11.3 Å². The van der Waals surface area contributed by atoms with Crippen LogP contribution in [-0.2, 0) is 20.9 Å². The van der Waals surface area contributed by atoms with Crippen LogP contribution in [0.5, 0.6) is 0 Å². The molecule has 0 spiro atoms. The fourth-order valence-electron chi connectivity index (χ4n) is 2.51. The van der Waals surface area contributed by atoms with Gasteiger partial charge in [0.05, 0.1) is 12.8 Å². The van der Waals surface area contributed by atoms with Crippen molar-refractivity contribution in [2.75, 3.05) is 18.0 Å². The lowest BCUT2D eigenvalue weighted by molar-refractivity contribution is 0.0702. The topological polar surface area (TPSA) is 83.9 Å². The molecule has 1 aliphatic rings. The van der Waals surface area contributed by atoms with Crippen LogP contribution in [-0.4, -0.2) is 33.1 Å². The van der Waals surface area contributed by atoms with E-state index in [1.807, 2.05) is 6.07 Å². The lowest BCUT2D eigenvalue weighted by Gasteiger charge is -2.29. The minimum Gasteiger partial charge on any atom is -0.477 e. The van der Waals surface area contributed by atoms with E-state index in [1.165, 1.54) is 15.6 Å². The first kappa shape index (κ1) is 14.3. The summed E-state index contributed by atoms with van der Waals surface area (Å²) in [5.74, 6) is -0.976. The van der Waals surface area contributed by atoms with Gasteiger partial charge in [0.25, 0.3) is 0 Å². The number of carboxylic acids is 1. The minimum atomic E-state index is -3.79. The third-order valence-corrected chi connectivity index (χ3v) is 5.91. The van der Waals surface area contributed by atoms with Gasteiger partial charge in [0.1, 0.15) is 4.88 Å². The number of thiophene rings is 1. The number of carbonyl (C=O) groups is 1. The summed E-state index contributed by atoms with van der Waals surface area (Å²) in [6.07, 6.45) is 1.47. The summed E-state index contributed by atoms with van der Waals surface area (Å²) in [6, 6.07) is 5.16. The lowest BCUT2D eigenvalue weighted by atomic mass is 10.0. The molecule has 0 fully saturated rings. The molecule has 1 aliphatic heterocycles. The Labute approximate surface area is 125 Å². The molecule has 1 aromatic carbocycles. The van der Waals surface area contributed by atoms with E-state index in [2.05, 4.69) is 4.18 Å². The summed E-state index contributed by atoms with van der Waals surface area (Å²) >= 11 is 1.19. The van der Waals surface area contributed by atoms with Crippen molar-refractivity contribution < 1.29 is 22.5 Å². The molecule has 0 radical (unpaired) electrons. The summed E-state index contributed by atoms with van der Waals surface area (Å²) in [7, 11) is -2.66. The van der Waals surface area contributed by atoms with E-state index < -0.39 is 16.3 Å². The predicted molar refractivity (Wildman–Crippen MR) is 80.4 cm³/mol. The van der Waals surface area contributed by atoms with Gasteiger partial charge in [-0.1, -0.05) is 0 Å². The van der Waals surface area contributed by atoms with E-state index in [1.54, 1.807) is 12.1 Å². The first-order chi connectivity index (χ1) is 9.92. The zero-order valence-corrected chi connectivity index (χ0v) is 12.8. The van der Waals surface area contributed by atoms with E-state index >= 15 is 0 Å². The molecule has 3 rings (SSSR count). The Bertz CT molecular complexity index is 824. The zero-order valence-electron chi connectivity index (χ0n) is 11.2. The van der Waals surface area contributed by atoms with Crippen molar-refractivity contribution in [3.05, 3.63) is 28.6 Å². The van der Waals surface area contributed by atoms with Crippen LogP contribution >= 0.6 is 11.3 Å². The lowest BCUT2D eigenvalue weighted by Crippen LogP contribution is -2.36. The Morgan fingerprint density at radius 1 is 1.38 bits per heavy atom. The van der Waals surface area contributed by atoms with Crippen molar-refractivity contribution in [3.63, 3.8) is 0 Å². The van der Waals surface area contributed by atoms with Crippen LogP contribution in [0.4, 0.5) is 5.69 Å². The highest BCUT2D eigenvalue weighted by Gasteiger charge is 2.28. The van der Waals surface area contributed by atoms with Crippen LogP contribution in [0, 0.1) is 0 Å². The quantitative estimate of drug-likeness (QED) is 0.934. The second-order valence-corrected chi connectivity index (χ2v) is 7.45. The second-order valence-electron chi connectivity index (χ2n) is 4.73. The van der Waals surface area contributed by atoms with Gasteiger partial charge in [0.2, 0.25) is 0 Å². The molecular weight excluding hydrogens is 314 g/mol. The standard InChI is InChI=1S/C13H13NO5S2/c1-19-21(17,18)14-4-2-3-8-6-11-9(5-10(8)14)7-12(20-11)13(15)16/h5-7H,2-4H2,1H3,(H,15,16). The van der Waals surface area contributed by atoms with Crippen molar-refractivity contribution in [1.82, 2.24) is 0 Å². The highest BCUT2D eigenvalue weighted by Crippen LogP contribution is 2.36. The van der Waals surface area contributed by atoms with Gasteiger partial charge in [0, 0.05) is 11.2 Å². The zero-order chi connectivity index (χ0) is 15.2. The second kappa shape index (κ2) is 4.97. The Kier molecular flexibility index (Phi) is 3.39. The highest BCUT2D eigenvalue weighted by atomic mass is 32.2. The van der Waals surface area contributed by atoms with Crippen LogP contribution in [0.2, 0.25) is 0 Å². The molecule has 8 heteroatoms. The molecule has 2 heterocycles. The molecule has 0 saturated carbocycles. The van der Waals surface area contributed by atoms with E-state index in [-0.39, 0.29) is 4.88 Å². The number of rotatable bonds is 3. The molecule has 0 amide bonds. The highest BCUT2D eigenvalue weighted by molar-refractivity contribution is 7.88. The van der Waals surface area contributed by atoms with Crippen molar-refractivity contribution >= 4 is 43.4 Å². The molecule has 21 heavy (non-hydrogen) atoms. The third kappa shape index (κ3) is 2.39. The molecule has 0 bridgehead atoms.